The van der Waals surface area contributed by atoms with Gasteiger partial charge in [-0.25, -0.2) is 4.68 Å². The quantitative estimate of drug-likeness (QED) is 0.514. The molecule has 2 aromatic carbocycles. The zero-order chi connectivity index (χ0) is 24.7. The standard InChI is InChI=1S/C28H30N4O3/c1-5-35-20-12-8-18(9-13-20)25-24-22(14-28(3,4)15-23(24)33)31-26-21(16-29-32(25)26)27(34)30-19-10-6-17(2)7-11-19/h6-13,16,25,31H,5,14-15H2,1-4H3,(H,30,34)/t25-/m0/s1. The molecule has 0 saturated heterocycles. The van der Waals surface area contributed by atoms with Crippen molar-refractivity contribution in [3.05, 3.63) is 82.7 Å². The lowest BCUT2D eigenvalue weighted by Crippen LogP contribution is -2.37. The molecule has 7 nitrogen and oxygen atoms in total. The van der Waals surface area contributed by atoms with Gasteiger partial charge in [-0.15, -0.1) is 0 Å². The van der Waals surface area contributed by atoms with Gasteiger partial charge in [0.1, 0.15) is 23.2 Å². The molecule has 0 fully saturated rings. The molecule has 7 heteroatoms. The molecular weight excluding hydrogens is 440 g/mol. The van der Waals surface area contributed by atoms with E-state index in [2.05, 4.69) is 29.6 Å². The molecule has 1 aliphatic carbocycles. The predicted molar refractivity (Wildman–Crippen MR) is 136 cm³/mol. The number of hydrogen-bond acceptors (Lipinski definition) is 5. The lowest BCUT2D eigenvalue weighted by atomic mass is 9.73. The Morgan fingerprint density at radius 1 is 1.14 bits per heavy atom. The van der Waals surface area contributed by atoms with Gasteiger partial charge in [0, 0.05) is 23.4 Å². The van der Waals surface area contributed by atoms with Crippen LogP contribution in [0, 0.1) is 12.3 Å². The van der Waals surface area contributed by atoms with E-state index >= 15 is 0 Å². The molecule has 0 saturated carbocycles. The van der Waals surface area contributed by atoms with Crippen molar-refractivity contribution in [3.63, 3.8) is 0 Å². The Morgan fingerprint density at radius 2 is 1.86 bits per heavy atom. The van der Waals surface area contributed by atoms with E-state index in [4.69, 9.17) is 4.74 Å². The van der Waals surface area contributed by atoms with Gasteiger partial charge in [0.15, 0.2) is 5.78 Å². The van der Waals surface area contributed by atoms with Crippen LogP contribution >= 0.6 is 0 Å². The Labute approximate surface area is 205 Å². The van der Waals surface area contributed by atoms with E-state index in [1.54, 1.807) is 10.9 Å². The Kier molecular flexibility index (Phi) is 5.71. The predicted octanol–water partition coefficient (Wildman–Crippen LogP) is 5.50. The fraction of sp³-hybridized carbons (Fsp3) is 0.321. The number of rotatable bonds is 5. The number of ketones is 1. The third-order valence-corrected chi connectivity index (χ3v) is 6.56. The van der Waals surface area contributed by atoms with Crippen LogP contribution in [0.3, 0.4) is 0 Å². The van der Waals surface area contributed by atoms with Gasteiger partial charge in [-0.05, 0) is 55.5 Å². The minimum atomic E-state index is -0.415. The van der Waals surface area contributed by atoms with Crippen LogP contribution in [0.2, 0.25) is 0 Å². The van der Waals surface area contributed by atoms with E-state index in [-0.39, 0.29) is 17.1 Å². The van der Waals surface area contributed by atoms with E-state index in [9.17, 15) is 9.59 Å². The van der Waals surface area contributed by atoms with Crippen molar-refractivity contribution < 1.29 is 14.3 Å². The summed E-state index contributed by atoms with van der Waals surface area (Å²) in [5.41, 5.74) is 4.60. The van der Waals surface area contributed by atoms with Crippen molar-refractivity contribution in [1.29, 1.82) is 0 Å². The summed E-state index contributed by atoms with van der Waals surface area (Å²) in [6, 6.07) is 15.0. The Balaban J connectivity index is 1.56. The zero-order valence-corrected chi connectivity index (χ0v) is 20.5. The summed E-state index contributed by atoms with van der Waals surface area (Å²) < 4.78 is 7.36. The lowest BCUT2D eigenvalue weighted by molar-refractivity contribution is -0.118. The first-order valence-corrected chi connectivity index (χ1v) is 12.0. The number of benzene rings is 2. The van der Waals surface area contributed by atoms with Crippen LogP contribution in [0.15, 0.2) is 66.0 Å². The average molecular weight is 471 g/mol. The first-order valence-electron chi connectivity index (χ1n) is 12.0. The topological polar surface area (TPSA) is 85.2 Å². The van der Waals surface area contributed by atoms with E-state index in [1.165, 1.54) is 0 Å². The second-order valence-corrected chi connectivity index (χ2v) is 10.0. The van der Waals surface area contributed by atoms with Crippen LogP contribution in [-0.4, -0.2) is 28.1 Å². The van der Waals surface area contributed by atoms with Gasteiger partial charge < -0.3 is 15.4 Å². The molecule has 1 amide bonds. The molecule has 0 bridgehead atoms. The minimum Gasteiger partial charge on any atom is -0.494 e. The van der Waals surface area contributed by atoms with Crippen molar-refractivity contribution in [2.75, 3.05) is 17.2 Å². The number of aromatic nitrogens is 2. The molecule has 180 valence electrons. The summed E-state index contributed by atoms with van der Waals surface area (Å²) in [6.45, 7) is 8.72. The molecule has 2 aliphatic rings. The van der Waals surface area contributed by atoms with Crippen molar-refractivity contribution in [2.24, 2.45) is 5.41 Å². The number of fused-ring (bicyclic) bond motifs is 1. The highest BCUT2D eigenvalue weighted by atomic mass is 16.5. The number of carbonyl (C=O) groups is 2. The highest BCUT2D eigenvalue weighted by Crippen LogP contribution is 2.46. The first kappa shape index (κ1) is 22.9. The highest BCUT2D eigenvalue weighted by Gasteiger charge is 2.42. The van der Waals surface area contributed by atoms with Crippen molar-refractivity contribution in [1.82, 2.24) is 9.78 Å². The number of amides is 1. The maximum Gasteiger partial charge on any atom is 0.261 e. The number of allylic oxidation sites excluding steroid dienone is 2. The molecule has 3 aromatic rings. The van der Waals surface area contributed by atoms with E-state index in [0.29, 0.717) is 36.5 Å². The number of anilines is 2. The number of ether oxygens (including phenoxy) is 1. The second kappa shape index (κ2) is 8.73. The fourth-order valence-electron chi connectivity index (χ4n) is 4.93. The van der Waals surface area contributed by atoms with Crippen LogP contribution in [0.5, 0.6) is 5.75 Å². The number of aryl methyl sites for hydroxylation is 1. The van der Waals surface area contributed by atoms with E-state index < -0.39 is 6.04 Å². The third kappa shape index (κ3) is 4.34. The Morgan fingerprint density at radius 3 is 2.54 bits per heavy atom. The Hall–Kier alpha value is -3.87. The highest BCUT2D eigenvalue weighted by molar-refractivity contribution is 6.08. The summed E-state index contributed by atoms with van der Waals surface area (Å²) in [6.07, 6.45) is 2.76. The lowest BCUT2D eigenvalue weighted by Gasteiger charge is -2.39. The summed E-state index contributed by atoms with van der Waals surface area (Å²) in [5, 5.41) is 11.0. The largest absolute Gasteiger partial charge is 0.494 e. The van der Waals surface area contributed by atoms with E-state index in [0.717, 1.165) is 28.1 Å². The minimum absolute atomic E-state index is 0.106. The van der Waals surface area contributed by atoms with Crippen LogP contribution in [-0.2, 0) is 4.79 Å². The normalized spacial score (nSPS) is 18.4. The van der Waals surface area contributed by atoms with Crippen molar-refractivity contribution >= 4 is 23.2 Å². The third-order valence-electron chi connectivity index (χ3n) is 6.56. The Bertz CT molecular complexity index is 1320. The van der Waals surface area contributed by atoms with Crippen LogP contribution in [0.1, 0.15) is 61.1 Å². The maximum atomic E-state index is 13.4. The van der Waals surface area contributed by atoms with Crippen LogP contribution in [0.25, 0.3) is 0 Å². The van der Waals surface area contributed by atoms with Crippen molar-refractivity contribution in [2.45, 2.75) is 46.6 Å². The van der Waals surface area contributed by atoms with Crippen LogP contribution < -0.4 is 15.4 Å². The molecule has 2 N–H and O–H groups in total. The van der Waals surface area contributed by atoms with E-state index in [1.807, 2.05) is 62.4 Å². The van der Waals surface area contributed by atoms with Gasteiger partial charge in [0.05, 0.1) is 12.8 Å². The monoisotopic (exact) mass is 470 g/mol. The number of nitrogens with one attached hydrogen (secondary N) is 2. The second-order valence-electron chi connectivity index (χ2n) is 10.0. The van der Waals surface area contributed by atoms with Gasteiger partial charge in [0.25, 0.3) is 5.91 Å². The molecule has 35 heavy (non-hydrogen) atoms. The number of hydrogen-bond donors (Lipinski definition) is 2. The summed E-state index contributed by atoms with van der Waals surface area (Å²) in [7, 11) is 0. The molecule has 5 rings (SSSR count). The van der Waals surface area contributed by atoms with Gasteiger partial charge >= 0.3 is 0 Å². The molecule has 0 radical (unpaired) electrons. The van der Waals surface area contributed by atoms with Gasteiger partial charge in [-0.3, -0.25) is 9.59 Å². The molecule has 0 spiro atoms. The van der Waals surface area contributed by atoms with Gasteiger partial charge in [-0.1, -0.05) is 43.7 Å². The van der Waals surface area contributed by atoms with Gasteiger partial charge in [0.2, 0.25) is 0 Å². The molecule has 1 aromatic heterocycles. The summed E-state index contributed by atoms with van der Waals surface area (Å²) in [5.74, 6) is 1.22. The van der Waals surface area contributed by atoms with Crippen LogP contribution in [0.4, 0.5) is 11.5 Å². The number of Topliss-reactive ketones (excluding diaryl/α,β-unsaturated/α-hetero) is 1. The zero-order valence-electron chi connectivity index (χ0n) is 20.5. The molecule has 2 heterocycles. The molecule has 0 unspecified atom stereocenters. The number of nitrogens with zero attached hydrogens (tertiary/aromatic N) is 2. The first-order chi connectivity index (χ1) is 16.8. The van der Waals surface area contributed by atoms with Gasteiger partial charge in [-0.2, -0.15) is 5.10 Å². The summed E-state index contributed by atoms with van der Waals surface area (Å²) >= 11 is 0. The van der Waals surface area contributed by atoms with Crippen molar-refractivity contribution in [3.8, 4) is 5.75 Å². The SMILES string of the molecule is CCOc1ccc([C@H]2C3=C(CC(C)(C)CC3=O)Nc3c(C(=O)Nc4ccc(C)cc4)cnn32)cc1. The summed E-state index contributed by atoms with van der Waals surface area (Å²) in [4.78, 5) is 26.6. The maximum absolute atomic E-state index is 13.4. The molecule has 1 atom stereocenters. The number of carbonyl (C=O) groups excluding carboxylic acids is 2. The smallest absolute Gasteiger partial charge is 0.261 e. The molecule has 1 aliphatic heterocycles. The molecular formula is C28H30N4O3. The average Bonchev–Trinajstić information content (AvgIpc) is 3.23. The fourth-order valence-corrected chi connectivity index (χ4v) is 4.93.